The van der Waals surface area contributed by atoms with Gasteiger partial charge in [-0.2, -0.15) is 0 Å². The van der Waals surface area contributed by atoms with Gasteiger partial charge in [0, 0.05) is 23.7 Å². The van der Waals surface area contributed by atoms with Crippen LogP contribution in [0.2, 0.25) is 5.02 Å². The van der Waals surface area contributed by atoms with E-state index in [2.05, 4.69) is 22.8 Å². The summed E-state index contributed by atoms with van der Waals surface area (Å²) < 4.78 is 34.0. The molecule has 1 saturated carbocycles. The van der Waals surface area contributed by atoms with Crippen LogP contribution < -0.4 is 14.4 Å². The fourth-order valence-electron chi connectivity index (χ4n) is 5.69. The van der Waals surface area contributed by atoms with Crippen molar-refractivity contribution in [2.45, 2.75) is 69.8 Å². The second-order valence-electron chi connectivity index (χ2n) is 11.2. The number of rotatable bonds is 10. The molecule has 1 aliphatic carbocycles. The van der Waals surface area contributed by atoms with E-state index in [0.717, 1.165) is 55.5 Å². The monoisotopic (exact) mass is 600 g/mol. The van der Waals surface area contributed by atoms with Gasteiger partial charge in [-0.15, -0.1) is 13.2 Å². The van der Waals surface area contributed by atoms with E-state index in [0.29, 0.717) is 30.3 Å². The van der Waals surface area contributed by atoms with E-state index in [-0.39, 0.29) is 23.8 Å². The number of nitrogens with one attached hydrogen (secondary N) is 1. The summed E-state index contributed by atoms with van der Waals surface area (Å²) in [6.45, 7) is 10.7. The Balaban J connectivity index is 1.66. The van der Waals surface area contributed by atoms with Crippen LogP contribution >= 0.6 is 11.6 Å². The number of carbonyl (C=O) groups is 1. The lowest BCUT2D eigenvalue weighted by atomic mass is 9.69. The first-order valence-corrected chi connectivity index (χ1v) is 16.3. The van der Waals surface area contributed by atoms with Crippen molar-refractivity contribution in [3.8, 4) is 5.75 Å². The van der Waals surface area contributed by atoms with Crippen molar-refractivity contribution < 1.29 is 23.1 Å². The highest BCUT2D eigenvalue weighted by Gasteiger charge is 2.37. The molecule has 222 valence electrons. The molecule has 2 N–H and O–H groups in total. The van der Waals surface area contributed by atoms with Crippen LogP contribution in [-0.4, -0.2) is 43.9 Å². The molecule has 2 aromatic carbocycles. The third kappa shape index (κ3) is 7.73. The summed E-state index contributed by atoms with van der Waals surface area (Å²) in [6.07, 6.45) is 8.36. The van der Waals surface area contributed by atoms with Gasteiger partial charge in [0.1, 0.15) is 12.4 Å². The van der Waals surface area contributed by atoms with Crippen LogP contribution in [0.5, 0.6) is 5.75 Å². The minimum Gasteiger partial charge on any atom is -0.487 e. The average molecular weight is 601 g/mol. The molecule has 1 heterocycles. The molecule has 0 spiro atoms. The number of allylic oxidation sites excluding steroid dienone is 1. The second kappa shape index (κ2) is 13.9. The highest BCUT2D eigenvalue weighted by molar-refractivity contribution is 7.90. The number of halogens is 1. The van der Waals surface area contributed by atoms with Gasteiger partial charge in [0.25, 0.3) is 5.91 Å². The zero-order valence-electron chi connectivity index (χ0n) is 23.7. The van der Waals surface area contributed by atoms with Crippen LogP contribution in [0.4, 0.5) is 5.69 Å². The fraction of sp³-hybridized carbons (Fsp3) is 0.469. The van der Waals surface area contributed by atoms with Gasteiger partial charge in [0.05, 0.1) is 17.0 Å². The Bertz CT molecular complexity index is 1360. The van der Waals surface area contributed by atoms with Crippen LogP contribution in [0.25, 0.3) is 0 Å². The molecule has 1 fully saturated rings. The van der Waals surface area contributed by atoms with E-state index in [9.17, 15) is 18.3 Å². The van der Waals surface area contributed by atoms with Crippen LogP contribution in [0.1, 0.15) is 66.9 Å². The Hall–Kier alpha value is -2.81. The smallest absolute Gasteiger partial charge is 0.264 e. The largest absolute Gasteiger partial charge is 0.487 e. The summed E-state index contributed by atoms with van der Waals surface area (Å²) in [5.74, 6) is 0.414. The van der Waals surface area contributed by atoms with E-state index in [4.69, 9.17) is 16.3 Å². The van der Waals surface area contributed by atoms with Crippen molar-refractivity contribution in [2.24, 2.45) is 11.8 Å². The molecular formula is C32H41ClN2O5S. The van der Waals surface area contributed by atoms with Crippen LogP contribution in [0.3, 0.4) is 0 Å². The van der Waals surface area contributed by atoms with Gasteiger partial charge in [0.2, 0.25) is 10.0 Å². The molecule has 2 aliphatic rings. The Labute approximate surface area is 249 Å². The number of anilines is 1. The van der Waals surface area contributed by atoms with Gasteiger partial charge in [-0.05, 0) is 105 Å². The van der Waals surface area contributed by atoms with Gasteiger partial charge in [0.15, 0.2) is 0 Å². The molecule has 1 aliphatic heterocycles. The Morgan fingerprint density at radius 1 is 1.15 bits per heavy atom. The molecule has 1 amide bonds. The molecule has 4 rings (SSSR count). The predicted octanol–water partition coefficient (Wildman–Crippen LogP) is 6.05. The van der Waals surface area contributed by atoms with Crippen molar-refractivity contribution in [2.75, 3.05) is 18.0 Å². The highest BCUT2D eigenvalue weighted by Crippen LogP contribution is 2.41. The van der Waals surface area contributed by atoms with Crippen LogP contribution in [0.15, 0.2) is 61.7 Å². The number of ether oxygens (including phenoxy) is 1. The topological polar surface area (TPSA) is 95.9 Å². The number of hydrogen-bond acceptors (Lipinski definition) is 6. The zero-order valence-corrected chi connectivity index (χ0v) is 25.3. The number of benzene rings is 2. The average Bonchev–Trinajstić information content (AvgIpc) is 2.94. The molecule has 41 heavy (non-hydrogen) atoms. The summed E-state index contributed by atoms with van der Waals surface area (Å²) in [4.78, 5) is 15.4. The first kappa shape index (κ1) is 31.1. The molecule has 0 unspecified atom stereocenters. The first-order valence-electron chi connectivity index (χ1n) is 14.4. The van der Waals surface area contributed by atoms with Crippen LogP contribution in [0, 0.1) is 11.8 Å². The minimum atomic E-state index is -3.87. The lowest BCUT2D eigenvalue weighted by Gasteiger charge is -2.43. The van der Waals surface area contributed by atoms with Crippen molar-refractivity contribution >= 4 is 33.2 Å². The molecule has 0 aromatic heterocycles. The number of aryl methyl sites for hydroxylation is 1. The third-order valence-corrected chi connectivity index (χ3v) is 10.3. The molecule has 0 bridgehead atoms. The number of carbonyl (C=O) groups excluding carboxylic acids is 1. The van der Waals surface area contributed by atoms with Gasteiger partial charge in [-0.1, -0.05) is 29.8 Å². The van der Waals surface area contributed by atoms with E-state index in [1.165, 1.54) is 6.08 Å². The number of aliphatic hydroxyl groups is 1. The number of amides is 1. The van der Waals surface area contributed by atoms with Gasteiger partial charge in [-0.25, -0.2) is 13.1 Å². The summed E-state index contributed by atoms with van der Waals surface area (Å²) in [5, 5.41) is 10.6. The highest BCUT2D eigenvalue weighted by atomic mass is 35.5. The van der Waals surface area contributed by atoms with Crippen molar-refractivity contribution in [1.82, 2.24) is 4.72 Å². The quantitative estimate of drug-likeness (QED) is 0.322. The standard InChI is InChI=1S/C32H41ClN2O5S/c1-4-8-22(3)41(38,39)34-32(37)24-13-16-31-29(19-24)35(20-25-12-15-28(25)30(36)9-5-2)17-7-6-10-23-18-27(33)14-11-26(23)21-40-31/h4-5,11,13-14,16,18-19,22,25,28,30,36H,1-2,6-10,12,15,17,20-21H2,3H3,(H,34,37)/t22-,25-,28+,30-/m0/s1. The maximum Gasteiger partial charge on any atom is 0.264 e. The van der Waals surface area contributed by atoms with Crippen molar-refractivity contribution in [1.29, 1.82) is 0 Å². The first-order chi connectivity index (χ1) is 19.6. The Kier molecular flexibility index (Phi) is 10.6. The van der Waals surface area contributed by atoms with E-state index >= 15 is 0 Å². The maximum absolute atomic E-state index is 13.2. The SMILES string of the molecule is C=CC[C@H](O)[C@@H]1CC[C@H]1CN1CCCCc2cc(Cl)ccc2COc2ccc(C(=O)NS(=O)(=O)[C@@H](C)CC=C)cc21. The lowest BCUT2D eigenvalue weighted by Crippen LogP contribution is -2.43. The molecule has 2 aromatic rings. The normalized spacial score (nSPS) is 20.6. The van der Waals surface area contributed by atoms with E-state index in [1.807, 2.05) is 18.2 Å². The summed E-state index contributed by atoms with van der Waals surface area (Å²) >= 11 is 6.29. The van der Waals surface area contributed by atoms with Crippen molar-refractivity contribution in [3.05, 3.63) is 83.4 Å². The number of aliphatic hydroxyl groups excluding tert-OH is 1. The summed E-state index contributed by atoms with van der Waals surface area (Å²) in [6, 6.07) is 10.9. The zero-order chi connectivity index (χ0) is 29.6. The number of sulfonamides is 1. The minimum absolute atomic E-state index is 0.185. The van der Waals surface area contributed by atoms with Crippen molar-refractivity contribution in [3.63, 3.8) is 0 Å². The number of fused-ring (bicyclic) bond motifs is 2. The molecule has 9 heteroatoms. The maximum atomic E-state index is 13.2. The van der Waals surface area contributed by atoms with Gasteiger partial charge in [-0.3, -0.25) is 4.79 Å². The number of nitrogens with zero attached hydrogens (tertiary/aromatic N) is 1. The van der Waals surface area contributed by atoms with E-state index < -0.39 is 27.3 Å². The molecule has 7 nitrogen and oxygen atoms in total. The third-order valence-electron chi connectivity index (χ3n) is 8.33. The molecular weight excluding hydrogens is 560 g/mol. The van der Waals surface area contributed by atoms with E-state index in [1.54, 1.807) is 31.2 Å². The van der Waals surface area contributed by atoms with Gasteiger partial charge < -0.3 is 14.7 Å². The predicted molar refractivity (Wildman–Crippen MR) is 165 cm³/mol. The molecule has 4 atom stereocenters. The van der Waals surface area contributed by atoms with Gasteiger partial charge >= 0.3 is 0 Å². The number of hydrogen-bond donors (Lipinski definition) is 2. The Morgan fingerprint density at radius 3 is 2.63 bits per heavy atom. The molecule has 0 radical (unpaired) electrons. The Morgan fingerprint density at radius 2 is 1.93 bits per heavy atom. The second-order valence-corrected chi connectivity index (χ2v) is 13.7. The molecule has 0 saturated heterocycles. The lowest BCUT2D eigenvalue weighted by molar-refractivity contribution is 0.0181. The summed E-state index contributed by atoms with van der Waals surface area (Å²) in [7, 11) is -3.87. The summed E-state index contributed by atoms with van der Waals surface area (Å²) in [5.41, 5.74) is 3.21. The fourth-order valence-corrected chi connectivity index (χ4v) is 6.85. The van der Waals surface area contributed by atoms with Crippen LogP contribution in [-0.2, 0) is 23.1 Å².